The van der Waals surface area contributed by atoms with Gasteiger partial charge in [0.15, 0.2) is 0 Å². The number of benzene rings is 2. The maximum Gasteiger partial charge on any atom is 0.135 e. The zero-order chi connectivity index (χ0) is 18.4. The Morgan fingerprint density at radius 3 is 2.46 bits per heavy atom. The molecular weight excluding hydrogens is 324 g/mol. The first kappa shape index (κ1) is 17.7. The predicted molar refractivity (Wildman–Crippen MR) is 106 cm³/mol. The Morgan fingerprint density at radius 2 is 1.69 bits per heavy atom. The van der Waals surface area contributed by atoms with Crippen molar-refractivity contribution in [1.29, 1.82) is 0 Å². The highest BCUT2D eigenvalue weighted by Crippen LogP contribution is 2.19. The van der Waals surface area contributed by atoms with Crippen molar-refractivity contribution in [3.8, 4) is 5.75 Å². The molecule has 0 spiro atoms. The zero-order valence-corrected chi connectivity index (χ0v) is 15.4. The highest BCUT2D eigenvalue weighted by Gasteiger charge is 2.02. The molecule has 0 aliphatic rings. The molecule has 2 aromatic carbocycles. The van der Waals surface area contributed by atoms with Crippen molar-refractivity contribution in [2.24, 2.45) is 0 Å². The van der Waals surface area contributed by atoms with Gasteiger partial charge in [0.2, 0.25) is 0 Å². The van der Waals surface area contributed by atoms with Gasteiger partial charge in [-0.15, -0.1) is 0 Å². The fraction of sp³-hybridized carbons (Fsp3) is 0.238. The van der Waals surface area contributed by atoms with Crippen LogP contribution in [-0.4, -0.2) is 23.6 Å². The third-order valence-corrected chi connectivity index (χ3v) is 4.02. The second-order valence-electron chi connectivity index (χ2n) is 6.32. The van der Waals surface area contributed by atoms with Crippen LogP contribution in [0.25, 0.3) is 0 Å². The number of hydrogen-bond donors (Lipinski definition) is 2. The molecule has 0 aliphatic carbocycles. The van der Waals surface area contributed by atoms with Crippen LogP contribution in [0.2, 0.25) is 0 Å². The number of methoxy groups -OCH3 is 1. The van der Waals surface area contributed by atoms with Crippen molar-refractivity contribution in [1.82, 2.24) is 9.97 Å². The lowest BCUT2D eigenvalue weighted by Gasteiger charge is -2.10. The number of aromatic nitrogens is 2. The average molecular weight is 348 g/mol. The number of nitrogens with zero attached hydrogens (tertiary/aromatic N) is 2. The predicted octanol–water partition coefficient (Wildman–Crippen LogP) is 4.50. The first-order chi connectivity index (χ1) is 12.6. The van der Waals surface area contributed by atoms with Crippen molar-refractivity contribution >= 4 is 17.3 Å². The van der Waals surface area contributed by atoms with E-state index in [0.29, 0.717) is 0 Å². The molecule has 3 rings (SSSR count). The van der Waals surface area contributed by atoms with Crippen LogP contribution in [0.15, 0.2) is 54.9 Å². The maximum atomic E-state index is 5.26. The van der Waals surface area contributed by atoms with Crippen molar-refractivity contribution in [2.75, 3.05) is 24.3 Å². The summed E-state index contributed by atoms with van der Waals surface area (Å²) >= 11 is 0. The van der Waals surface area contributed by atoms with E-state index < -0.39 is 0 Å². The standard InChI is InChI=1S/C21H24N4O/c1-15-9-16(2)11-18(10-15)25-21-13-20(23-14-24-21)22-8-7-17-5-4-6-19(12-17)26-3/h4-6,9-14H,7-8H2,1-3H3,(H2,22,23,24,25). The zero-order valence-electron chi connectivity index (χ0n) is 15.4. The van der Waals surface area contributed by atoms with Crippen LogP contribution in [-0.2, 0) is 6.42 Å². The first-order valence-corrected chi connectivity index (χ1v) is 8.66. The van der Waals surface area contributed by atoms with E-state index in [4.69, 9.17) is 4.74 Å². The Kier molecular flexibility index (Phi) is 5.69. The molecule has 0 bridgehead atoms. The SMILES string of the molecule is COc1cccc(CCNc2cc(Nc3cc(C)cc(C)c3)ncn2)c1. The summed E-state index contributed by atoms with van der Waals surface area (Å²) < 4.78 is 5.26. The van der Waals surface area contributed by atoms with Gasteiger partial charge >= 0.3 is 0 Å². The first-order valence-electron chi connectivity index (χ1n) is 8.66. The Morgan fingerprint density at radius 1 is 0.923 bits per heavy atom. The molecule has 0 fully saturated rings. The Balaban J connectivity index is 1.60. The highest BCUT2D eigenvalue weighted by molar-refractivity contribution is 5.60. The van der Waals surface area contributed by atoms with E-state index in [1.54, 1.807) is 13.4 Å². The summed E-state index contributed by atoms with van der Waals surface area (Å²) in [7, 11) is 1.68. The lowest BCUT2D eigenvalue weighted by molar-refractivity contribution is 0.414. The van der Waals surface area contributed by atoms with Gasteiger partial charge in [-0.25, -0.2) is 9.97 Å². The Bertz CT molecular complexity index is 859. The maximum absolute atomic E-state index is 5.26. The van der Waals surface area contributed by atoms with Gasteiger partial charge in [-0.2, -0.15) is 0 Å². The Hall–Kier alpha value is -3.08. The largest absolute Gasteiger partial charge is 0.497 e. The average Bonchev–Trinajstić information content (AvgIpc) is 2.61. The monoisotopic (exact) mass is 348 g/mol. The van der Waals surface area contributed by atoms with Gasteiger partial charge < -0.3 is 15.4 Å². The normalized spacial score (nSPS) is 10.4. The van der Waals surface area contributed by atoms with Crippen LogP contribution in [0.3, 0.4) is 0 Å². The highest BCUT2D eigenvalue weighted by atomic mass is 16.5. The molecule has 134 valence electrons. The minimum Gasteiger partial charge on any atom is -0.497 e. The molecule has 0 amide bonds. The molecular formula is C21H24N4O. The van der Waals surface area contributed by atoms with Crippen LogP contribution < -0.4 is 15.4 Å². The van der Waals surface area contributed by atoms with Crippen molar-refractivity contribution in [3.05, 3.63) is 71.5 Å². The summed E-state index contributed by atoms with van der Waals surface area (Å²) in [6.07, 6.45) is 2.46. The second kappa shape index (κ2) is 8.34. The van der Waals surface area contributed by atoms with E-state index in [2.05, 4.69) is 64.8 Å². The third-order valence-electron chi connectivity index (χ3n) is 4.02. The molecule has 5 nitrogen and oxygen atoms in total. The van der Waals surface area contributed by atoms with Gasteiger partial charge in [-0.1, -0.05) is 18.2 Å². The van der Waals surface area contributed by atoms with Crippen LogP contribution >= 0.6 is 0 Å². The molecule has 26 heavy (non-hydrogen) atoms. The van der Waals surface area contributed by atoms with Crippen molar-refractivity contribution < 1.29 is 4.74 Å². The van der Waals surface area contributed by atoms with Crippen LogP contribution in [0.1, 0.15) is 16.7 Å². The molecule has 0 radical (unpaired) electrons. The van der Waals surface area contributed by atoms with Crippen LogP contribution in [0.4, 0.5) is 17.3 Å². The fourth-order valence-corrected chi connectivity index (χ4v) is 2.88. The topological polar surface area (TPSA) is 59.1 Å². The summed E-state index contributed by atoms with van der Waals surface area (Å²) in [5.41, 5.74) is 4.69. The lowest BCUT2D eigenvalue weighted by Crippen LogP contribution is -2.07. The van der Waals surface area contributed by atoms with Gasteiger partial charge in [0.25, 0.3) is 0 Å². The summed E-state index contributed by atoms with van der Waals surface area (Å²) in [6, 6.07) is 16.4. The number of nitrogens with one attached hydrogen (secondary N) is 2. The molecule has 2 N–H and O–H groups in total. The number of anilines is 3. The number of ether oxygens (including phenoxy) is 1. The molecule has 0 saturated carbocycles. The quantitative estimate of drug-likeness (QED) is 0.658. The molecule has 1 aromatic heterocycles. The van der Waals surface area contributed by atoms with E-state index in [9.17, 15) is 0 Å². The minimum absolute atomic E-state index is 0.772. The van der Waals surface area contributed by atoms with E-state index in [-0.39, 0.29) is 0 Å². The fourth-order valence-electron chi connectivity index (χ4n) is 2.88. The van der Waals surface area contributed by atoms with E-state index in [0.717, 1.165) is 36.0 Å². The van der Waals surface area contributed by atoms with Crippen molar-refractivity contribution in [2.45, 2.75) is 20.3 Å². The number of aryl methyl sites for hydroxylation is 2. The number of rotatable bonds is 7. The molecule has 0 atom stereocenters. The third kappa shape index (κ3) is 4.96. The summed E-state index contributed by atoms with van der Waals surface area (Å²) in [5.74, 6) is 2.45. The molecule has 0 unspecified atom stereocenters. The van der Waals surface area contributed by atoms with E-state index in [1.165, 1.54) is 16.7 Å². The summed E-state index contributed by atoms with van der Waals surface area (Å²) in [6.45, 7) is 4.96. The van der Waals surface area contributed by atoms with Crippen molar-refractivity contribution in [3.63, 3.8) is 0 Å². The van der Waals surface area contributed by atoms with Gasteiger partial charge in [0, 0.05) is 18.3 Å². The molecule has 1 heterocycles. The molecule has 3 aromatic rings. The van der Waals surface area contributed by atoms with Crippen LogP contribution in [0.5, 0.6) is 5.75 Å². The van der Waals surface area contributed by atoms with Gasteiger partial charge in [-0.05, 0) is 61.2 Å². The van der Waals surface area contributed by atoms with Crippen LogP contribution in [0, 0.1) is 13.8 Å². The van der Waals surface area contributed by atoms with Gasteiger partial charge in [0.1, 0.15) is 23.7 Å². The summed E-state index contributed by atoms with van der Waals surface area (Å²) in [5, 5.41) is 6.69. The summed E-state index contributed by atoms with van der Waals surface area (Å²) in [4.78, 5) is 8.60. The minimum atomic E-state index is 0.772. The smallest absolute Gasteiger partial charge is 0.135 e. The molecule has 0 aliphatic heterocycles. The lowest BCUT2D eigenvalue weighted by atomic mass is 10.1. The second-order valence-corrected chi connectivity index (χ2v) is 6.32. The number of hydrogen-bond acceptors (Lipinski definition) is 5. The van der Waals surface area contributed by atoms with E-state index >= 15 is 0 Å². The van der Waals surface area contributed by atoms with Gasteiger partial charge in [-0.3, -0.25) is 0 Å². The van der Waals surface area contributed by atoms with E-state index in [1.807, 2.05) is 18.2 Å². The molecule has 5 heteroatoms. The van der Waals surface area contributed by atoms with Gasteiger partial charge in [0.05, 0.1) is 7.11 Å². The molecule has 0 saturated heterocycles. The Labute approximate surface area is 154 Å².